The Labute approximate surface area is 96.0 Å². The first-order valence-electron chi connectivity index (χ1n) is 5.49. The van der Waals surface area contributed by atoms with Crippen LogP contribution in [0.25, 0.3) is 0 Å². The highest BCUT2D eigenvalue weighted by atomic mass is 16.2. The standard InChI is InChI=1S/C12H18N2O2/c1-3-11(15)13-8-10-6-5-7-14(9-10)12(16)4-2/h3-4,10H,1-2,5-9H2,(H,13,15). The van der Waals surface area contributed by atoms with Crippen molar-refractivity contribution < 1.29 is 9.59 Å². The van der Waals surface area contributed by atoms with Crippen LogP contribution >= 0.6 is 0 Å². The van der Waals surface area contributed by atoms with Crippen LogP contribution in [0.15, 0.2) is 25.3 Å². The van der Waals surface area contributed by atoms with Crippen LogP contribution in [-0.4, -0.2) is 36.3 Å². The zero-order valence-electron chi connectivity index (χ0n) is 9.45. The minimum atomic E-state index is -0.160. The van der Waals surface area contributed by atoms with Crippen molar-refractivity contribution >= 4 is 11.8 Å². The van der Waals surface area contributed by atoms with Gasteiger partial charge in [0.25, 0.3) is 0 Å². The molecule has 1 heterocycles. The van der Waals surface area contributed by atoms with E-state index in [1.807, 2.05) is 0 Å². The molecule has 1 atom stereocenters. The van der Waals surface area contributed by atoms with Gasteiger partial charge in [-0.1, -0.05) is 13.2 Å². The summed E-state index contributed by atoms with van der Waals surface area (Å²) in [4.78, 5) is 24.2. The third kappa shape index (κ3) is 3.53. The fourth-order valence-electron chi connectivity index (χ4n) is 1.88. The minimum absolute atomic E-state index is 0.0280. The zero-order chi connectivity index (χ0) is 12.0. The van der Waals surface area contributed by atoms with Crippen molar-refractivity contribution in [3.8, 4) is 0 Å². The van der Waals surface area contributed by atoms with Gasteiger partial charge in [-0.2, -0.15) is 0 Å². The second-order valence-electron chi connectivity index (χ2n) is 3.95. The maximum Gasteiger partial charge on any atom is 0.245 e. The second-order valence-corrected chi connectivity index (χ2v) is 3.95. The number of nitrogens with zero attached hydrogens (tertiary/aromatic N) is 1. The molecule has 2 amide bonds. The Hall–Kier alpha value is -1.58. The molecule has 0 aromatic heterocycles. The highest BCUT2D eigenvalue weighted by Gasteiger charge is 2.22. The first kappa shape index (κ1) is 12.5. The predicted molar refractivity (Wildman–Crippen MR) is 62.7 cm³/mol. The van der Waals surface area contributed by atoms with E-state index in [1.54, 1.807) is 4.90 Å². The number of amides is 2. The molecule has 1 aliphatic rings. The number of nitrogens with one attached hydrogen (secondary N) is 1. The lowest BCUT2D eigenvalue weighted by atomic mass is 9.98. The van der Waals surface area contributed by atoms with E-state index in [4.69, 9.17) is 0 Å². The number of hydrogen-bond acceptors (Lipinski definition) is 2. The van der Waals surface area contributed by atoms with E-state index in [1.165, 1.54) is 12.2 Å². The van der Waals surface area contributed by atoms with Crippen molar-refractivity contribution in [2.24, 2.45) is 5.92 Å². The van der Waals surface area contributed by atoms with Crippen LogP contribution in [-0.2, 0) is 9.59 Å². The molecule has 0 aliphatic carbocycles. The monoisotopic (exact) mass is 222 g/mol. The van der Waals surface area contributed by atoms with Gasteiger partial charge in [0, 0.05) is 19.6 Å². The summed E-state index contributed by atoms with van der Waals surface area (Å²) < 4.78 is 0. The van der Waals surface area contributed by atoms with Crippen LogP contribution in [0.4, 0.5) is 0 Å². The van der Waals surface area contributed by atoms with Gasteiger partial charge in [-0.05, 0) is 30.9 Å². The van der Waals surface area contributed by atoms with Gasteiger partial charge >= 0.3 is 0 Å². The van der Waals surface area contributed by atoms with Crippen LogP contribution in [0.2, 0.25) is 0 Å². The van der Waals surface area contributed by atoms with Crippen molar-refractivity contribution in [3.05, 3.63) is 25.3 Å². The highest BCUT2D eigenvalue weighted by Crippen LogP contribution is 2.15. The van der Waals surface area contributed by atoms with E-state index in [2.05, 4.69) is 18.5 Å². The molecule has 1 N–H and O–H groups in total. The lowest BCUT2D eigenvalue weighted by Gasteiger charge is -2.32. The van der Waals surface area contributed by atoms with Gasteiger partial charge in [-0.15, -0.1) is 0 Å². The molecule has 0 spiro atoms. The van der Waals surface area contributed by atoms with Crippen molar-refractivity contribution in [1.29, 1.82) is 0 Å². The molecule has 0 radical (unpaired) electrons. The van der Waals surface area contributed by atoms with Crippen LogP contribution in [0.3, 0.4) is 0 Å². The quantitative estimate of drug-likeness (QED) is 0.712. The zero-order valence-corrected chi connectivity index (χ0v) is 9.45. The van der Waals surface area contributed by atoms with Gasteiger partial charge in [-0.3, -0.25) is 9.59 Å². The summed E-state index contributed by atoms with van der Waals surface area (Å²) >= 11 is 0. The van der Waals surface area contributed by atoms with Crippen LogP contribution in [0.5, 0.6) is 0 Å². The molecule has 0 aromatic rings. The molecule has 0 bridgehead atoms. The fraction of sp³-hybridized carbons (Fsp3) is 0.500. The summed E-state index contributed by atoms with van der Waals surface area (Å²) in [5.41, 5.74) is 0. The Balaban J connectivity index is 2.38. The molecule has 1 unspecified atom stereocenters. The van der Waals surface area contributed by atoms with Crippen molar-refractivity contribution in [2.45, 2.75) is 12.8 Å². The van der Waals surface area contributed by atoms with Gasteiger partial charge in [0.2, 0.25) is 11.8 Å². The van der Waals surface area contributed by atoms with Crippen molar-refractivity contribution in [2.75, 3.05) is 19.6 Å². The maximum atomic E-state index is 11.4. The summed E-state index contributed by atoms with van der Waals surface area (Å²) in [5, 5.41) is 2.76. The summed E-state index contributed by atoms with van der Waals surface area (Å²) in [6.45, 7) is 8.95. The largest absolute Gasteiger partial charge is 0.352 e. The molecule has 88 valence electrons. The SMILES string of the molecule is C=CC(=O)NCC1CCCN(C(=O)C=C)C1. The molecule has 1 rings (SSSR count). The number of rotatable bonds is 4. The van der Waals surface area contributed by atoms with Crippen LogP contribution < -0.4 is 5.32 Å². The van der Waals surface area contributed by atoms with E-state index < -0.39 is 0 Å². The second kappa shape index (κ2) is 6.10. The first-order valence-corrected chi connectivity index (χ1v) is 5.49. The number of carbonyl (C=O) groups is 2. The summed E-state index contributed by atoms with van der Waals surface area (Å²) in [5.74, 6) is 0.147. The highest BCUT2D eigenvalue weighted by molar-refractivity contribution is 5.87. The van der Waals surface area contributed by atoms with E-state index in [-0.39, 0.29) is 11.8 Å². The van der Waals surface area contributed by atoms with Crippen LogP contribution in [0.1, 0.15) is 12.8 Å². The van der Waals surface area contributed by atoms with Gasteiger partial charge < -0.3 is 10.2 Å². The Morgan fingerprint density at radius 3 is 2.75 bits per heavy atom. The Morgan fingerprint density at radius 1 is 1.38 bits per heavy atom. The molecular formula is C12H18N2O2. The number of piperidine rings is 1. The van der Waals surface area contributed by atoms with E-state index in [9.17, 15) is 9.59 Å². The Morgan fingerprint density at radius 2 is 2.12 bits per heavy atom. The van der Waals surface area contributed by atoms with E-state index >= 15 is 0 Å². The normalized spacial score (nSPS) is 20.0. The lowest BCUT2D eigenvalue weighted by molar-refractivity contribution is -0.127. The summed E-state index contributed by atoms with van der Waals surface area (Å²) in [6, 6.07) is 0. The molecule has 4 nitrogen and oxygen atoms in total. The topological polar surface area (TPSA) is 49.4 Å². The third-order valence-electron chi connectivity index (χ3n) is 2.76. The summed E-state index contributed by atoms with van der Waals surface area (Å²) in [7, 11) is 0. The molecule has 1 saturated heterocycles. The molecule has 1 aliphatic heterocycles. The van der Waals surface area contributed by atoms with Crippen molar-refractivity contribution in [1.82, 2.24) is 10.2 Å². The maximum absolute atomic E-state index is 11.4. The average Bonchev–Trinajstić information content (AvgIpc) is 2.35. The molecule has 16 heavy (non-hydrogen) atoms. The summed E-state index contributed by atoms with van der Waals surface area (Å²) in [6.07, 6.45) is 4.62. The lowest BCUT2D eigenvalue weighted by Crippen LogP contribution is -2.42. The fourth-order valence-corrected chi connectivity index (χ4v) is 1.88. The smallest absolute Gasteiger partial charge is 0.245 e. The Kier molecular flexibility index (Phi) is 4.76. The number of hydrogen-bond donors (Lipinski definition) is 1. The third-order valence-corrected chi connectivity index (χ3v) is 2.76. The van der Waals surface area contributed by atoms with Gasteiger partial charge in [0.15, 0.2) is 0 Å². The van der Waals surface area contributed by atoms with Gasteiger partial charge in [0.05, 0.1) is 0 Å². The molecule has 4 heteroatoms. The molecule has 0 saturated carbocycles. The molecule has 1 fully saturated rings. The van der Waals surface area contributed by atoms with Crippen LogP contribution in [0, 0.1) is 5.92 Å². The van der Waals surface area contributed by atoms with Gasteiger partial charge in [0.1, 0.15) is 0 Å². The Bertz CT molecular complexity index is 299. The minimum Gasteiger partial charge on any atom is -0.352 e. The number of likely N-dealkylation sites (tertiary alicyclic amines) is 1. The van der Waals surface area contributed by atoms with Gasteiger partial charge in [-0.25, -0.2) is 0 Å². The van der Waals surface area contributed by atoms with E-state index in [0.29, 0.717) is 19.0 Å². The number of carbonyl (C=O) groups excluding carboxylic acids is 2. The molecule has 0 aromatic carbocycles. The predicted octanol–water partition coefficient (Wildman–Crippen LogP) is 0.713. The average molecular weight is 222 g/mol. The van der Waals surface area contributed by atoms with E-state index in [0.717, 1.165) is 19.4 Å². The first-order chi connectivity index (χ1) is 7.67. The molecular weight excluding hydrogens is 204 g/mol. The van der Waals surface area contributed by atoms with Crippen molar-refractivity contribution in [3.63, 3.8) is 0 Å².